The quantitative estimate of drug-likeness (QED) is 0.835. The number of anilines is 1. The molecule has 0 aromatic heterocycles. The van der Waals surface area contributed by atoms with Crippen molar-refractivity contribution in [2.75, 3.05) is 11.4 Å². The molecule has 0 unspecified atom stereocenters. The van der Waals surface area contributed by atoms with Crippen molar-refractivity contribution >= 4 is 23.5 Å². The van der Waals surface area contributed by atoms with Crippen molar-refractivity contribution in [1.29, 1.82) is 0 Å². The van der Waals surface area contributed by atoms with E-state index in [2.05, 4.69) is 5.32 Å². The molecule has 2 aromatic carbocycles. The minimum atomic E-state index is -1.08. The summed E-state index contributed by atoms with van der Waals surface area (Å²) in [5.41, 5.74) is 1.95. The second kappa shape index (κ2) is 7.82. The van der Waals surface area contributed by atoms with Crippen molar-refractivity contribution in [3.05, 3.63) is 65.7 Å². The van der Waals surface area contributed by atoms with E-state index in [-0.39, 0.29) is 12.3 Å². The first-order chi connectivity index (χ1) is 12.5. The predicted molar refractivity (Wildman–Crippen MR) is 97.1 cm³/mol. The maximum Gasteiger partial charge on any atom is 0.326 e. The van der Waals surface area contributed by atoms with Gasteiger partial charge in [-0.25, -0.2) is 4.79 Å². The number of carbonyl (C=O) groups excluding carboxylic acids is 2. The van der Waals surface area contributed by atoms with Crippen LogP contribution in [0.4, 0.5) is 5.69 Å². The Kier molecular flexibility index (Phi) is 5.31. The molecule has 0 aliphatic carbocycles. The van der Waals surface area contributed by atoms with Gasteiger partial charge in [-0.1, -0.05) is 30.3 Å². The number of benzene rings is 2. The average molecular weight is 352 g/mol. The summed E-state index contributed by atoms with van der Waals surface area (Å²) < 4.78 is 0. The van der Waals surface area contributed by atoms with Crippen LogP contribution in [0.25, 0.3) is 0 Å². The van der Waals surface area contributed by atoms with Crippen molar-refractivity contribution in [3.8, 4) is 0 Å². The summed E-state index contributed by atoms with van der Waals surface area (Å²) in [4.78, 5) is 37.3. The molecule has 0 saturated carbocycles. The third-order valence-corrected chi connectivity index (χ3v) is 4.40. The standard InChI is InChI=1S/C20H20N2O4/c23-18-7-4-12-22(18)16-10-8-15(9-11-16)19(24)21-17(20(25)26)13-14-5-2-1-3-6-14/h1-3,5-6,8-11,17H,4,7,12-13H2,(H,21,24)(H,25,26)/t17-/m0/s1. The molecule has 2 amide bonds. The van der Waals surface area contributed by atoms with Crippen LogP contribution in [0, 0.1) is 0 Å². The molecule has 0 spiro atoms. The summed E-state index contributed by atoms with van der Waals surface area (Å²) in [6.07, 6.45) is 1.59. The van der Waals surface area contributed by atoms with Crippen molar-refractivity contribution in [3.63, 3.8) is 0 Å². The molecule has 2 aromatic rings. The van der Waals surface area contributed by atoms with E-state index in [9.17, 15) is 19.5 Å². The lowest BCUT2D eigenvalue weighted by Gasteiger charge is -2.17. The van der Waals surface area contributed by atoms with Crippen LogP contribution in [0.2, 0.25) is 0 Å². The summed E-state index contributed by atoms with van der Waals surface area (Å²) >= 11 is 0. The SMILES string of the molecule is O=C(N[C@@H](Cc1ccccc1)C(=O)O)c1ccc(N2CCCC2=O)cc1. The predicted octanol–water partition coefficient (Wildman–Crippen LogP) is 2.24. The molecule has 6 heteroatoms. The zero-order chi connectivity index (χ0) is 18.5. The van der Waals surface area contributed by atoms with E-state index in [0.29, 0.717) is 18.5 Å². The van der Waals surface area contributed by atoms with Crippen LogP contribution < -0.4 is 10.2 Å². The minimum Gasteiger partial charge on any atom is -0.480 e. The maximum absolute atomic E-state index is 12.4. The summed E-state index contributed by atoms with van der Waals surface area (Å²) in [5, 5.41) is 11.9. The monoisotopic (exact) mass is 352 g/mol. The Bertz CT molecular complexity index is 802. The fourth-order valence-corrected chi connectivity index (χ4v) is 3.01. The molecule has 6 nitrogen and oxygen atoms in total. The summed E-state index contributed by atoms with van der Waals surface area (Å²) in [5.74, 6) is -1.45. The third-order valence-electron chi connectivity index (χ3n) is 4.40. The fraction of sp³-hybridized carbons (Fsp3) is 0.250. The Morgan fingerprint density at radius 3 is 2.35 bits per heavy atom. The van der Waals surface area contributed by atoms with Crippen LogP contribution >= 0.6 is 0 Å². The van der Waals surface area contributed by atoms with Gasteiger partial charge in [0.15, 0.2) is 0 Å². The number of carboxylic acids is 1. The average Bonchev–Trinajstić information content (AvgIpc) is 3.08. The normalized spacial score (nSPS) is 14.9. The van der Waals surface area contributed by atoms with Crippen molar-refractivity contribution in [2.45, 2.75) is 25.3 Å². The zero-order valence-corrected chi connectivity index (χ0v) is 14.2. The summed E-state index contributed by atoms with van der Waals surface area (Å²) in [6, 6.07) is 14.8. The highest BCUT2D eigenvalue weighted by molar-refractivity contribution is 5.98. The lowest BCUT2D eigenvalue weighted by Crippen LogP contribution is -2.42. The third kappa shape index (κ3) is 4.08. The Hall–Kier alpha value is -3.15. The first kappa shape index (κ1) is 17.7. The first-order valence-corrected chi connectivity index (χ1v) is 8.52. The molecule has 26 heavy (non-hydrogen) atoms. The second-order valence-corrected chi connectivity index (χ2v) is 6.25. The van der Waals surface area contributed by atoms with E-state index in [0.717, 1.165) is 17.7 Å². The molecular formula is C20H20N2O4. The highest BCUT2D eigenvalue weighted by atomic mass is 16.4. The number of hydrogen-bond donors (Lipinski definition) is 2. The van der Waals surface area contributed by atoms with Gasteiger partial charge in [0.05, 0.1) is 0 Å². The Morgan fingerprint density at radius 2 is 1.77 bits per heavy atom. The van der Waals surface area contributed by atoms with Gasteiger partial charge in [-0.05, 0) is 36.2 Å². The van der Waals surface area contributed by atoms with Gasteiger partial charge in [0.2, 0.25) is 5.91 Å². The number of carboxylic acid groups (broad SMARTS) is 1. The molecule has 1 aliphatic rings. The van der Waals surface area contributed by atoms with E-state index < -0.39 is 17.9 Å². The smallest absolute Gasteiger partial charge is 0.326 e. The maximum atomic E-state index is 12.4. The van der Waals surface area contributed by atoms with E-state index in [1.165, 1.54) is 0 Å². The largest absolute Gasteiger partial charge is 0.480 e. The van der Waals surface area contributed by atoms with Gasteiger partial charge in [-0.2, -0.15) is 0 Å². The minimum absolute atomic E-state index is 0.0796. The number of hydrogen-bond acceptors (Lipinski definition) is 3. The molecule has 134 valence electrons. The number of amides is 2. The lowest BCUT2D eigenvalue weighted by atomic mass is 10.1. The van der Waals surface area contributed by atoms with E-state index in [1.54, 1.807) is 29.2 Å². The van der Waals surface area contributed by atoms with Crippen LogP contribution in [0.5, 0.6) is 0 Å². The molecule has 2 N–H and O–H groups in total. The van der Waals surface area contributed by atoms with Crippen molar-refractivity contribution in [2.24, 2.45) is 0 Å². The number of rotatable bonds is 6. The van der Waals surface area contributed by atoms with Gasteiger partial charge >= 0.3 is 5.97 Å². The molecule has 0 radical (unpaired) electrons. The molecule has 1 atom stereocenters. The topological polar surface area (TPSA) is 86.7 Å². The Balaban J connectivity index is 1.67. The van der Waals surface area contributed by atoms with Crippen molar-refractivity contribution in [1.82, 2.24) is 5.32 Å². The number of aliphatic carboxylic acids is 1. The van der Waals surface area contributed by atoms with Gasteiger partial charge in [-0.15, -0.1) is 0 Å². The number of nitrogens with zero attached hydrogens (tertiary/aromatic N) is 1. The van der Waals surface area contributed by atoms with Gasteiger partial charge in [0.25, 0.3) is 5.91 Å². The molecule has 1 heterocycles. The first-order valence-electron chi connectivity index (χ1n) is 8.52. The molecule has 1 fully saturated rings. The van der Waals surface area contributed by atoms with E-state index in [1.807, 2.05) is 30.3 Å². The van der Waals surface area contributed by atoms with Crippen LogP contribution in [0.15, 0.2) is 54.6 Å². The highest BCUT2D eigenvalue weighted by Crippen LogP contribution is 2.21. The molecular weight excluding hydrogens is 332 g/mol. The molecule has 0 bridgehead atoms. The Morgan fingerprint density at radius 1 is 1.08 bits per heavy atom. The van der Waals surface area contributed by atoms with Gasteiger partial charge in [0.1, 0.15) is 6.04 Å². The van der Waals surface area contributed by atoms with Gasteiger partial charge < -0.3 is 15.3 Å². The number of nitrogens with one attached hydrogen (secondary N) is 1. The van der Waals surface area contributed by atoms with Crippen molar-refractivity contribution < 1.29 is 19.5 Å². The molecule has 1 saturated heterocycles. The lowest BCUT2D eigenvalue weighted by molar-refractivity contribution is -0.139. The van der Waals surface area contributed by atoms with E-state index >= 15 is 0 Å². The highest BCUT2D eigenvalue weighted by Gasteiger charge is 2.23. The van der Waals surface area contributed by atoms with Crippen LogP contribution in [-0.2, 0) is 16.0 Å². The number of carbonyl (C=O) groups is 3. The summed E-state index contributed by atoms with van der Waals surface area (Å²) in [7, 11) is 0. The van der Waals surface area contributed by atoms with Crippen LogP contribution in [-0.4, -0.2) is 35.5 Å². The summed E-state index contributed by atoms with van der Waals surface area (Å²) in [6.45, 7) is 0.683. The zero-order valence-electron chi connectivity index (χ0n) is 14.2. The van der Waals surface area contributed by atoms with Gasteiger partial charge in [0, 0.05) is 30.6 Å². The van der Waals surface area contributed by atoms with Crippen LogP contribution in [0.1, 0.15) is 28.8 Å². The second-order valence-electron chi connectivity index (χ2n) is 6.25. The molecule has 1 aliphatic heterocycles. The van der Waals surface area contributed by atoms with Crippen LogP contribution in [0.3, 0.4) is 0 Å². The van der Waals surface area contributed by atoms with Gasteiger partial charge in [-0.3, -0.25) is 9.59 Å². The molecule has 3 rings (SSSR count). The van der Waals surface area contributed by atoms with E-state index in [4.69, 9.17) is 0 Å². The fourth-order valence-electron chi connectivity index (χ4n) is 3.01. The Labute approximate surface area is 151 Å².